The van der Waals surface area contributed by atoms with E-state index in [1.165, 1.54) is 51.4 Å². The molecule has 0 N–H and O–H groups in total. The summed E-state index contributed by atoms with van der Waals surface area (Å²) in [5.74, 6) is 0. The van der Waals surface area contributed by atoms with Crippen LogP contribution >= 0.6 is 12.2 Å². The van der Waals surface area contributed by atoms with Crippen molar-refractivity contribution in [3.63, 3.8) is 0 Å². The summed E-state index contributed by atoms with van der Waals surface area (Å²) in [7, 11) is 0. The standard InChI is InChI=1S/C14H28OS/c1-3-5-7-8-9-10-11-13-15-14(16)12-6-4-2/h3-13H2,1-2H3. The van der Waals surface area contributed by atoms with E-state index in [1.54, 1.807) is 0 Å². The molecule has 0 aromatic carbocycles. The Bertz CT molecular complexity index is 157. The first-order valence-corrected chi connectivity index (χ1v) is 7.37. The number of rotatable bonds is 11. The van der Waals surface area contributed by atoms with Crippen molar-refractivity contribution in [2.45, 2.75) is 78.1 Å². The van der Waals surface area contributed by atoms with Gasteiger partial charge in [0.15, 0.2) is 5.05 Å². The zero-order valence-electron chi connectivity index (χ0n) is 11.1. The summed E-state index contributed by atoms with van der Waals surface area (Å²) in [5.41, 5.74) is 0. The summed E-state index contributed by atoms with van der Waals surface area (Å²) in [5, 5.41) is 0.813. The third kappa shape index (κ3) is 12.0. The Hall–Kier alpha value is -0.110. The molecule has 0 aromatic rings. The van der Waals surface area contributed by atoms with Crippen molar-refractivity contribution in [3.8, 4) is 0 Å². The Kier molecular flexibility index (Phi) is 12.9. The van der Waals surface area contributed by atoms with Crippen LogP contribution < -0.4 is 0 Å². The van der Waals surface area contributed by atoms with E-state index in [9.17, 15) is 0 Å². The SMILES string of the molecule is CCCCCCCCCOC(=S)CCCC. The van der Waals surface area contributed by atoms with E-state index >= 15 is 0 Å². The molecule has 0 aliphatic rings. The maximum absolute atomic E-state index is 5.50. The molecular formula is C14H28OS. The van der Waals surface area contributed by atoms with Crippen LogP contribution in [0.5, 0.6) is 0 Å². The zero-order chi connectivity index (χ0) is 12.1. The molecular weight excluding hydrogens is 216 g/mol. The summed E-state index contributed by atoms with van der Waals surface area (Å²) >= 11 is 5.13. The fourth-order valence-electron chi connectivity index (χ4n) is 1.64. The molecule has 0 aliphatic heterocycles. The van der Waals surface area contributed by atoms with Gasteiger partial charge in [0, 0.05) is 6.42 Å². The first kappa shape index (κ1) is 15.9. The molecule has 0 spiro atoms. The number of hydrogen-bond donors (Lipinski definition) is 0. The molecule has 0 unspecified atom stereocenters. The van der Waals surface area contributed by atoms with Gasteiger partial charge in [-0.3, -0.25) is 0 Å². The molecule has 16 heavy (non-hydrogen) atoms. The lowest BCUT2D eigenvalue weighted by Crippen LogP contribution is -2.03. The van der Waals surface area contributed by atoms with Crippen molar-refractivity contribution < 1.29 is 4.74 Å². The van der Waals surface area contributed by atoms with E-state index in [0.29, 0.717) is 0 Å². The summed E-state index contributed by atoms with van der Waals surface area (Å²) in [6.07, 6.45) is 12.6. The first-order valence-electron chi connectivity index (χ1n) is 6.96. The Labute approximate surface area is 107 Å². The lowest BCUT2D eigenvalue weighted by atomic mass is 10.1. The molecule has 0 amide bonds. The van der Waals surface area contributed by atoms with E-state index < -0.39 is 0 Å². The van der Waals surface area contributed by atoms with Crippen molar-refractivity contribution in [1.82, 2.24) is 0 Å². The van der Waals surface area contributed by atoms with Crippen molar-refractivity contribution in [1.29, 1.82) is 0 Å². The van der Waals surface area contributed by atoms with Crippen molar-refractivity contribution >= 4 is 17.3 Å². The number of thiocarbonyl (C=S) groups is 1. The van der Waals surface area contributed by atoms with Crippen molar-refractivity contribution in [3.05, 3.63) is 0 Å². The second kappa shape index (κ2) is 13.0. The minimum atomic E-state index is 0.813. The lowest BCUT2D eigenvalue weighted by Gasteiger charge is -2.06. The average Bonchev–Trinajstić information content (AvgIpc) is 2.30. The maximum atomic E-state index is 5.50. The minimum absolute atomic E-state index is 0.813. The van der Waals surface area contributed by atoms with E-state index in [4.69, 9.17) is 17.0 Å². The molecule has 0 atom stereocenters. The van der Waals surface area contributed by atoms with Gasteiger partial charge in [0.2, 0.25) is 0 Å². The van der Waals surface area contributed by atoms with Gasteiger partial charge in [-0.25, -0.2) is 0 Å². The van der Waals surface area contributed by atoms with Crippen LogP contribution in [0.1, 0.15) is 78.1 Å². The predicted molar refractivity (Wildman–Crippen MR) is 76.1 cm³/mol. The lowest BCUT2D eigenvalue weighted by molar-refractivity contribution is 0.291. The molecule has 0 radical (unpaired) electrons. The van der Waals surface area contributed by atoms with Gasteiger partial charge in [-0.05, 0) is 25.1 Å². The van der Waals surface area contributed by atoms with E-state index in [1.807, 2.05) is 0 Å². The fourth-order valence-corrected chi connectivity index (χ4v) is 1.87. The number of unbranched alkanes of at least 4 members (excludes halogenated alkanes) is 7. The van der Waals surface area contributed by atoms with Gasteiger partial charge in [0.1, 0.15) is 0 Å². The summed E-state index contributed by atoms with van der Waals surface area (Å²) < 4.78 is 5.50. The molecule has 96 valence electrons. The summed E-state index contributed by atoms with van der Waals surface area (Å²) in [6.45, 7) is 5.26. The van der Waals surface area contributed by atoms with Gasteiger partial charge in [0.05, 0.1) is 6.61 Å². The van der Waals surface area contributed by atoms with Crippen LogP contribution in [-0.2, 0) is 4.74 Å². The largest absolute Gasteiger partial charge is 0.487 e. The van der Waals surface area contributed by atoms with Gasteiger partial charge in [-0.1, -0.05) is 58.8 Å². The third-order valence-corrected chi connectivity index (χ3v) is 3.07. The Morgan fingerprint density at radius 3 is 2.00 bits per heavy atom. The molecule has 0 rings (SSSR count). The number of ether oxygens (including phenoxy) is 1. The second-order valence-corrected chi connectivity index (χ2v) is 4.90. The van der Waals surface area contributed by atoms with Crippen molar-refractivity contribution in [2.75, 3.05) is 6.61 Å². The molecule has 0 saturated heterocycles. The molecule has 1 nitrogen and oxygen atoms in total. The minimum Gasteiger partial charge on any atom is -0.487 e. The topological polar surface area (TPSA) is 9.23 Å². The van der Waals surface area contributed by atoms with Gasteiger partial charge >= 0.3 is 0 Å². The van der Waals surface area contributed by atoms with E-state index in [2.05, 4.69) is 13.8 Å². The van der Waals surface area contributed by atoms with E-state index in [0.717, 1.165) is 24.5 Å². The highest BCUT2D eigenvalue weighted by Gasteiger charge is 1.96. The monoisotopic (exact) mass is 244 g/mol. The van der Waals surface area contributed by atoms with Crippen molar-refractivity contribution in [2.24, 2.45) is 0 Å². The molecule has 0 aromatic heterocycles. The molecule has 0 aliphatic carbocycles. The van der Waals surface area contributed by atoms with Crippen LogP contribution in [0.15, 0.2) is 0 Å². The highest BCUT2D eigenvalue weighted by Crippen LogP contribution is 2.07. The third-order valence-electron chi connectivity index (χ3n) is 2.75. The summed E-state index contributed by atoms with van der Waals surface area (Å²) in [6, 6.07) is 0. The maximum Gasteiger partial charge on any atom is 0.159 e. The van der Waals surface area contributed by atoms with Crippen LogP contribution in [0.4, 0.5) is 0 Å². The predicted octanol–water partition coefficient (Wildman–Crippen LogP) is 5.27. The van der Waals surface area contributed by atoms with Crippen LogP contribution in [0.25, 0.3) is 0 Å². The highest BCUT2D eigenvalue weighted by molar-refractivity contribution is 7.80. The fraction of sp³-hybridized carbons (Fsp3) is 0.929. The van der Waals surface area contributed by atoms with Gasteiger partial charge in [-0.2, -0.15) is 0 Å². The van der Waals surface area contributed by atoms with Crippen LogP contribution in [0.2, 0.25) is 0 Å². The quantitative estimate of drug-likeness (QED) is 0.361. The Morgan fingerprint density at radius 1 is 0.812 bits per heavy atom. The molecule has 0 bridgehead atoms. The highest BCUT2D eigenvalue weighted by atomic mass is 32.1. The first-order chi connectivity index (χ1) is 7.81. The molecule has 0 heterocycles. The Morgan fingerprint density at radius 2 is 1.38 bits per heavy atom. The van der Waals surface area contributed by atoms with Gasteiger partial charge < -0.3 is 4.74 Å². The summed E-state index contributed by atoms with van der Waals surface area (Å²) in [4.78, 5) is 0. The van der Waals surface area contributed by atoms with Crippen LogP contribution in [0.3, 0.4) is 0 Å². The average molecular weight is 244 g/mol. The smallest absolute Gasteiger partial charge is 0.159 e. The normalized spacial score (nSPS) is 10.4. The Balaban J connectivity index is 3.05. The molecule has 2 heteroatoms. The van der Waals surface area contributed by atoms with Crippen LogP contribution in [0, 0.1) is 0 Å². The molecule has 0 fully saturated rings. The van der Waals surface area contributed by atoms with Crippen LogP contribution in [-0.4, -0.2) is 11.7 Å². The number of hydrogen-bond acceptors (Lipinski definition) is 2. The van der Waals surface area contributed by atoms with Gasteiger partial charge in [-0.15, -0.1) is 0 Å². The van der Waals surface area contributed by atoms with E-state index in [-0.39, 0.29) is 0 Å². The second-order valence-electron chi connectivity index (χ2n) is 4.45. The van der Waals surface area contributed by atoms with Gasteiger partial charge in [0.25, 0.3) is 0 Å². The zero-order valence-corrected chi connectivity index (χ0v) is 11.9. The molecule has 0 saturated carbocycles.